The molecule has 6 nitrogen and oxygen atoms in total. The van der Waals surface area contributed by atoms with Crippen molar-refractivity contribution in [3.63, 3.8) is 0 Å². The molecule has 0 aliphatic carbocycles. The van der Waals surface area contributed by atoms with Gasteiger partial charge in [-0.25, -0.2) is 8.78 Å². The normalized spacial score (nSPS) is 25.2. The summed E-state index contributed by atoms with van der Waals surface area (Å²) in [7, 11) is 4.00. The fraction of sp³-hybridized carbons (Fsp3) is 0.708. The van der Waals surface area contributed by atoms with Crippen LogP contribution >= 0.6 is 0 Å². The Bertz CT molecular complexity index is 766. The maximum absolute atomic E-state index is 14.2. The van der Waals surface area contributed by atoms with Crippen LogP contribution in [0.4, 0.5) is 14.5 Å². The molecule has 4 rings (SSSR count). The van der Waals surface area contributed by atoms with Crippen molar-refractivity contribution in [2.75, 3.05) is 64.8 Å². The summed E-state index contributed by atoms with van der Waals surface area (Å²) in [5, 5.41) is 7.10. The molecule has 1 unspecified atom stereocenters. The van der Waals surface area contributed by atoms with Crippen LogP contribution in [0, 0.1) is 11.6 Å². The Labute approximate surface area is 191 Å². The van der Waals surface area contributed by atoms with E-state index in [0.717, 1.165) is 44.9 Å². The number of hydrogen-bond acceptors (Lipinski definition) is 4. The smallest absolute Gasteiger partial charge is 0.191 e. The van der Waals surface area contributed by atoms with Crippen LogP contribution in [-0.2, 0) is 0 Å². The molecular weight excluding hydrogens is 410 g/mol. The van der Waals surface area contributed by atoms with Crippen LogP contribution in [0.3, 0.4) is 0 Å². The molecule has 1 aromatic rings. The summed E-state index contributed by atoms with van der Waals surface area (Å²) in [6, 6.07) is 4.15. The molecule has 0 spiro atoms. The van der Waals surface area contributed by atoms with E-state index in [-0.39, 0.29) is 17.3 Å². The summed E-state index contributed by atoms with van der Waals surface area (Å²) in [6.45, 7) is 6.66. The summed E-state index contributed by atoms with van der Waals surface area (Å²) >= 11 is 0. The molecule has 1 atom stereocenters. The molecule has 3 aliphatic rings. The highest BCUT2D eigenvalue weighted by molar-refractivity contribution is 5.80. The van der Waals surface area contributed by atoms with Crippen molar-refractivity contribution in [2.24, 2.45) is 4.99 Å². The Hall–Kier alpha value is -1.93. The number of aliphatic imine (C=N–C) groups is 1. The van der Waals surface area contributed by atoms with Crippen molar-refractivity contribution in [1.29, 1.82) is 0 Å². The molecule has 2 N–H and O–H groups in total. The average molecular weight is 449 g/mol. The van der Waals surface area contributed by atoms with Gasteiger partial charge >= 0.3 is 0 Å². The fourth-order valence-electron chi connectivity index (χ4n) is 5.52. The minimum Gasteiger partial charge on any atom is -0.365 e. The van der Waals surface area contributed by atoms with Gasteiger partial charge in [-0.3, -0.25) is 9.89 Å². The second-order valence-electron chi connectivity index (χ2n) is 9.65. The van der Waals surface area contributed by atoms with Crippen LogP contribution < -0.4 is 15.5 Å². The van der Waals surface area contributed by atoms with Crippen molar-refractivity contribution < 1.29 is 8.78 Å². The predicted octanol–water partition coefficient (Wildman–Crippen LogP) is 2.66. The summed E-state index contributed by atoms with van der Waals surface area (Å²) in [5.41, 5.74) is 0.248. The molecule has 3 saturated heterocycles. The van der Waals surface area contributed by atoms with Gasteiger partial charge in [0.2, 0.25) is 0 Å². The monoisotopic (exact) mass is 448 g/mol. The Kier molecular flexibility index (Phi) is 7.51. The SMILES string of the molecule is CN=C(NCC1(N2CCCCC2)CCN(C)CC1)NC1CCN(c2c(F)cccc2F)C1. The van der Waals surface area contributed by atoms with Gasteiger partial charge in [-0.15, -0.1) is 0 Å². The van der Waals surface area contributed by atoms with Gasteiger partial charge in [0.05, 0.1) is 0 Å². The van der Waals surface area contributed by atoms with Crippen molar-refractivity contribution in [2.45, 2.75) is 50.1 Å². The zero-order valence-corrected chi connectivity index (χ0v) is 19.5. The van der Waals surface area contributed by atoms with Gasteiger partial charge in [0.15, 0.2) is 5.96 Å². The van der Waals surface area contributed by atoms with Gasteiger partial charge in [0.25, 0.3) is 0 Å². The van der Waals surface area contributed by atoms with E-state index in [0.29, 0.717) is 13.1 Å². The first-order valence-electron chi connectivity index (χ1n) is 12.1. The highest BCUT2D eigenvalue weighted by atomic mass is 19.1. The number of hydrogen-bond donors (Lipinski definition) is 2. The molecule has 32 heavy (non-hydrogen) atoms. The van der Waals surface area contributed by atoms with E-state index < -0.39 is 11.6 Å². The lowest BCUT2D eigenvalue weighted by Crippen LogP contribution is -2.62. The number of halogens is 2. The van der Waals surface area contributed by atoms with E-state index in [2.05, 4.69) is 32.5 Å². The third kappa shape index (κ3) is 5.17. The highest BCUT2D eigenvalue weighted by Crippen LogP contribution is 2.31. The van der Waals surface area contributed by atoms with Crippen molar-refractivity contribution in [3.8, 4) is 0 Å². The second kappa shape index (κ2) is 10.3. The molecule has 3 fully saturated rings. The Morgan fingerprint density at radius 2 is 1.75 bits per heavy atom. The molecule has 178 valence electrons. The number of piperidine rings is 2. The number of rotatable bonds is 5. The van der Waals surface area contributed by atoms with E-state index in [4.69, 9.17) is 0 Å². The average Bonchev–Trinajstić information content (AvgIpc) is 3.26. The Morgan fingerprint density at radius 3 is 2.41 bits per heavy atom. The lowest BCUT2D eigenvalue weighted by atomic mass is 9.84. The van der Waals surface area contributed by atoms with Crippen LogP contribution in [0.15, 0.2) is 23.2 Å². The molecule has 0 amide bonds. The second-order valence-corrected chi connectivity index (χ2v) is 9.65. The van der Waals surface area contributed by atoms with Gasteiger partial charge in [-0.2, -0.15) is 0 Å². The summed E-state index contributed by atoms with van der Waals surface area (Å²) < 4.78 is 28.4. The summed E-state index contributed by atoms with van der Waals surface area (Å²) in [5.74, 6) is -0.223. The zero-order valence-electron chi connectivity index (χ0n) is 19.5. The number of para-hydroxylation sites is 1. The van der Waals surface area contributed by atoms with E-state index in [1.807, 2.05) is 0 Å². The predicted molar refractivity (Wildman–Crippen MR) is 126 cm³/mol. The standard InChI is InChI=1S/C24H38F2N6/c1-27-23(29-19-9-14-31(17-19)22-20(25)7-6-8-21(22)26)28-18-24(10-15-30(2)16-11-24)32-12-4-3-5-13-32/h6-8,19H,3-5,9-18H2,1-2H3,(H2,27,28,29). The Balaban J connectivity index is 1.36. The van der Waals surface area contributed by atoms with Gasteiger partial charge < -0.3 is 20.4 Å². The first kappa shape index (κ1) is 23.2. The molecular formula is C24H38F2N6. The number of benzene rings is 1. The van der Waals surface area contributed by atoms with E-state index in [9.17, 15) is 8.78 Å². The van der Waals surface area contributed by atoms with Crippen molar-refractivity contribution in [1.82, 2.24) is 20.4 Å². The Morgan fingerprint density at radius 1 is 1.06 bits per heavy atom. The van der Waals surface area contributed by atoms with Crippen molar-refractivity contribution in [3.05, 3.63) is 29.8 Å². The number of likely N-dealkylation sites (tertiary alicyclic amines) is 2. The van der Waals surface area contributed by atoms with Crippen LogP contribution in [0.1, 0.15) is 38.5 Å². The van der Waals surface area contributed by atoms with Crippen LogP contribution in [-0.4, -0.2) is 87.2 Å². The van der Waals surface area contributed by atoms with Crippen LogP contribution in [0.25, 0.3) is 0 Å². The zero-order chi connectivity index (χ0) is 22.6. The number of nitrogens with zero attached hydrogens (tertiary/aromatic N) is 4. The molecule has 0 saturated carbocycles. The lowest BCUT2D eigenvalue weighted by Gasteiger charge is -2.50. The molecule has 8 heteroatoms. The van der Waals surface area contributed by atoms with Gasteiger partial charge in [0, 0.05) is 38.3 Å². The minimum absolute atomic E-state index is 0.0788. The van der Waals surface area contributed by atoms with Crippen molar-refractivity contribution >= 4 is 11.6 Å². The third-order valence-electron chi connectivity index (χ3n) is 7.54. The quantitative estimate of drug-likeness (QED) is 0.536. The number of guanidine groups is 1. The first-order chi connectivity index (χ1) is 15.5. The van der Waals surface area contributed by atoms with Gasteiger partial charge in [0.1, 0.15) is 17.3 Å². The maximum Gasteiger partial charge on any atom is 0.191 e. The van der Waals surface area contributed by atoms with Crippen LogP contribution in [0.5, 0.6) is 0 Å². The molecule has 0 aromatic heterocycles. The topological polar surface area (TPSA) is 46.1 Å². The summed E-state index contributed by atoms with van der Waals surface area (Å²) in [6.07, 6.45) is 7.05. The molecule has 3 heterocycles. The van der Waals surface area contributed by atoms with Gasteiger partial charge in [-0.1, -0.05) is 12.5 Å². The highest BCUT2D eigenvalue weighted by Gasteiger charge is 2.39. The molecule has 3 aliphatic heterocycles. The third-order valence-corrected chi connectivity index (χ3v) is 7.54. The van der Waals surface area contributed by atoms with Gasteiger partial charge in [-0.05, 0) is 77.5 Å². The minimum atomic E-state index is -0.501. The molecule has 0 radical (unpaired) electrons. The maximum atomic E-state index is 14.2. The fourth-order valence-corrected chi connectivity index (χ4v) is 5.52. The largest absolute Gasteiger partial charge is 0.365 e. The number of nitrogens with one attached hydrogen (secondary N) is 2. The van der Waals surface area contributed by atoms with E-state index in [1.54, 1.807) is 11.9 Å². The lowest BCUT2D eigenvalue weighted by molar-refractivity contribution is 0.0173. The van der Waals surface area contributed by atoms with E-state index >= 15 is 0 Å². The number of anilines is 1. The molecule has 0 bridgehead atoms. The van der Waals surface area contributed by atoms with E-state index in [1.165, 1.54) is 50.6 Å². The molecule has 1 aromatic carbocycles. The first-order valence-corrected chi connectivity index (χ1v) is 12.1. The van der Waals surface area contributed by atoms with Crippen LogP contribution in [0.2, 0.25) is 0 Å². The summed E-state index contributed by atoms with van der Waals surface area (Å²) in [4.78, 5) is 11.4.